The molecule has 0 heterocycles. The van der Waals surface area contributed by atoms with Gasteiger partial charge in [0.2, 0.25) is 0 Å². The average Bonchev–Trinajstić information content (AvgIpc) is 3.14. The van der Waals surface area contributed by atoms with Crippen LogP contribution in [0.4, 0.5) is 0 Å². The predicted molar refractivity (Wildman–Crippen MR) is 68.1 cm³/mol. The van der Waals surface area contributed by atoms with Crippen LogP contribution in [0.1, 0.15) is 51.4 Å². The Kier molecular flexibility index (Phi) is 5.37. The van der Waals surface area contributed by atoms with Crippen LogP contribution in [0.25, 0.3) is 0 Å². The summed E-state index contributed by atoms with van der Waals surface area (Å²) in [5, 5.41) is 19.5. The van der Waals surface area contributed by atoms with Crippen LogP contribution in [-0.2, 0) is 19.4 Å². The Balaban J connectivity index is 1.73. The number of carbonyl (C=O) groups is 2. The molecule has 0 aromatic carbocycles. The summed E-state index contributed by atoms with van der Waals surface area (Å²) in [6.45, 7) is 0. The highest BCUT2D eigenvalue weighted by molar-refractivity contribution is 5.78. The summed E-state index contributed by atoms with van der Waals surface area (Å²) >= 11 is 0. The standard InChI is InChI=1S/C14H22O6/c15-11(9-5-1-2-6-9)13(17)19-20-14(18)12(16)10-7-3-4-8-10/h9-12,15-16H,1-8H2/t11-,12?/m0/s1. The zero-order valence-electron chi connectivity index (χ0n) is 11.5. The molecule has 1 unspecified atom stereocenters. The normalized spacial score (nSPS) is 23.5. The maximum Gasteiger partial charge on any atom is 0.383 e. The van der Waals surface area contributed by atoms with Crippen molar-refractivity contribution in [2.24, 2.45) is 11.8 Å². The second-order valence-corrected chi connectivity index (χ2v) is 5.78. The number of carbonyl (C=O) groups excluding carboxylic acids is 2. The van der Waals surface area contributed by atoms with E-state index in [1.165, 1.54) is 0 Å². The van der Waals surface area contributed by atoms with Gasteiger partial charge >= 0.3 is 11.9 Å². The van der Waals surface area contributed by atoms with Crippen LogP contribution < -0.4 is 0 Å². The molecular formula is C14H22O6. The summed E-state index contributed by atoms with van der Waals surface area (Å²) in [7, 11) is 0. The average molecular weight is 286 g/mol. The van der Waals surface area contributed by atoms with E-state index in [2.05, 4.69) is 9.78 Å². The van der Waals surface area contributed by atoms with Gasteiger partial charge in [0.25, 0.3) is 0 Å². The van der Waals surface area contributed by atoms with Crippen LogP contribution in [0.2, 0.25) is 0 Å². The van der Waals surface area contributed by atoms with Gasteiger partial charge in [0, 0.05) is 0 Å². The number of hydrogen-bond acceptors (Lipinski definition) is 6. The van der Waals surface area contributed by atoms with E-state index >= 15 is 0 Å². The van der Waals surface area contributed by atoms with Crippen molar-refractivity contribution < 1.29 is 29.6 Å². The quantitative estimate of drug-likeness (QED) is 0.593. The lowest BCUT2D eigenvalue weighted by Gasteiger charge is -2.17. The van der Waals surface area contributed by atoms with Crippen molar-refractivity contribution in [2.75, 3.05) is 0 Å². The fourth-order valence-electron chi connectivity index (χ4n) is 3.11. The van der Waals surface area contributed by atoms with Crippen LogP contribution >= 0.6 is 0 Å². The van der Waals surface area contributed by atoms with Crippen molar-refractivity contribution in [2.45, 2.75) is 63.6 Å². The molecule has 6 heteroatoms. The predicted octanol–water partition coefficient (Wildman–Crippen LogP) is 1.09. The van der Waals surface area contributed by atoms with Crippen molar-refractivity contribution in [3.63, 3.8) is 0 Å². The van der Waals surface area contributed by atoms with Gasteiger partial charge in [-0.2, -0.15) is 0 Å². The zero-order chi connectivity index (χ0) is 14.5. The van der Waals surface area contributed by atoms with E-state index in [1.807, 2.05) is 0 Å². The molecule has 0 amide bonds. The Morgan fingerprint density at radius 2 is 1.05 bits per heavy atom. The first kappa shape index (κ1) is 15.3. The summed E-state index contributed by atoms with van der Waals surface area (Å²) in [5.41, 5.74) is 0. The molecule has 20 heavy (non-hydrogen) atoms. The first-order valence-electron chi connectivity index (χ1n) is 7.38. The maximum atomic E-state index is 11.5. The summed E-state index contributed by atoms with van der Waals surface area (Å²) in [6.07, 6.45) is 4.51. The monoisotopic (exact) mass is 286 g/mol. The molecule has 2 fully saturated rings. The minimum absolute atomic E-state index is 0.124. The molecular weight excluding hydrogens is 264 g/mol. The lowest BCUT2D eigenvalue weighted by atomic mass is 10.0. The molecule has 0 bridgehead atoms. The molecule has 6 nitrogen and oxygen atoms in total. The Morgan fingerprint density at radius 3 is 1.35 bits per heavy atom. The minimum Gasteiger partial charge on any atom is -0.381 e. The molecule has 0 saturated heterocycles. The van der Waals surface area contributed by atoms with Crippen LogP contribution in [0, 0.1) is 11.8 Å². The molecule has 0 aliphatic heterocycles. The molecule has 2 saturated carbocycles. The largest absolute Gasteiger partial charge is 0.383 e. The Labute approximate surface area is 118 Å². The highest BCUT2D eigenvalue weighted by atomic mass is 17.2. The lowest BCUT2D eigenvalue weighted by Crippen LogP contribution is -2.34. The first-order valence-corrected chi connectivity index (χ1v) is 7.38. The lowest BCUT2D eigenvalue weighted by molar-refractivity contribution is -0.272. The van der Waals surface area contributed by atoms with Gasteiger partial charge in [-0.1, -0.05) is 25.7 Å². The van der Waals surface area contributed by atoms with Gasteiger partial charge in [-0.15, -0.1) is 0 Å². The molecule has 2 rings (SSSR count). The van der Waals surface area contributed by atoms with Gasteiger partial charge < -0.3 is 10.2 Å². The molecule has 2 N–H and O–H groups in total. The first-order chi connectivity index (χ1) is 9.59. The number of aliphatic hydroxyl groups excluding tert-OH is 2. The molecule has 0 aromatic heterocycles. The molecule has 114 valence electrons. The number of rotatable bonds is 4. The third kappa shape index (κ3) is 3.70. The molecule has 0 radical (unpaired) electrons. The van der Waals surface area contributed by atoms with Gasteiger partial charge in [-0.25, -0.2) is 19.4 Å². The second-order valence-electron chi connectivity index (χ2n) is 5.78. The number of aliphatic hydroxyl groups is 2. The SMILES string of the molecule is O=C(OOC(=O)[C@@H](O)C1CCCC1)C(O)C1CCCC1. The molecule has 2 aliphatic rings. The van der Waals surface area contributed by atoms with Crippen LogP contribution in [-0.4, -0.2) is 34.4 Å². The summed E-state index contributed by atoms with van der Waals surface area (Å²) < 4.78 is 0. The highest BCUT2D eigenvalue weighted by Gasteiger charge is 2.34. The third-order valence-electron chi connectivity index (χ3n) is 4.38. The van der Waals surface area contributed by atoms with Gasteiger partial charge in [0.1, 0.15) is 0 Å². The van der Waals surface area contributed by atoms with E-state index in [0.717, 1.165) is 51.4 Å². The van der Waals surface area contributed by atoms with E-state index < -0.39 is 24.1 Å². The minimum atomic E-state index is -1.26. The van der Waals surface area contributed by atoms with Gasteiger partial charge in [0.05, 0.1) is 0 Å². The Morgan fingerprint density at radius 1 is 0.750 bits per heavy atom. The molecule has 2 atom stereocenters. The van der Waals surface area contributed by atoms with Crippen molar-refractivity contribution in [1.82, 2.24) is 0 Å². The molecule has 2 aliphatic carbocycles. The van der Waals surface area contributed by atoms with Crippen LogP contribution in [0.5, 0.6) is 0 Å². The fraction of sp³-hybridized carbons (Fsp3) is 0.857. The summed E-state index contributed by atoms with van der Waals surface area (Å²) in [4.78, 5) is 31.8. The van der Waals surface area contributed by atoms with Gasteiger partial charge in [0.15, 0.2) is 12.2 Å². The van der Waals surface area contributed by atoms with E-state index in [1.54, 1.807) is 0 Å². The molecule has 0 spiro atoms. The summed E-state index contributed by atoms with van der Waals surface area (Å²) in [5.74, 6) is -2.16. The second kappa shape index (κ2) is 7.04. The van der Waals surface area contributed by atoms with E-state index in [0.29, 0.717) is 0 Å². The van der Waals surface area contributed by atoms with Gasteiger partial charge in [-0.05, 0) is 37.5 Å². The van der Waals surface area contributed by atoms with E-state index in [4.69, 9.17) is 0 Å². The van der Waals surface area contributed by atoms with Crippen molar-refractivity contribution >= 4 is 11.9 Å². The maximum absolute atomic E-state index is 11.5. The van der Waals surface area contributed by atoms with E-state index in [9.17, 15) is 19.8 Å². The van der Waals surface area contributed by atoms with Crippen molar-refractivity contribution in [3.05, 3.63) is 0 Å². The Hall–Kier alpha value is -1.14. The van der Waals surface area contributed by atoms with Crippen molar-refractivity contribution in [3.8, 4) is 0 Å². The van der Waals surface area contributed by atoms with Crippen LogP contribution in [0.15, 0.2) is 0 Å². The highest BCUT2D eigenvalue weighted by Crippen LogP contribution is 2.29. The Bertz CT molecular complexity index is 310. The molecule has 0 aromatic rings. The van der Waals surface area contributed by atoms with Crippen molar-refractivity contribution in [1.29, 1.82) is 0 Å². The zero-order valence-corrected chi connectivity index (χ0v) is 11.5. The summed E-state index contributed by atoms with van der Waals surface area (Å²) in [6, 6.07) is 0. The smallest absolute Gasteiger partial charge is 0.381 e. The third-order valence-corrected chi connectivity index (χ3v) is 4.38. The topological polar surface area (TPSA) is 93.1 Å². The van der Waals surface area contributed by atoms with Gasteiger partial charge in [-0.3, -0.25) is 0 Å². The van der Waals surface area contributed by atoms with Crippen LogP contribution in [0.3, 0.4) is 0 Å². The van der Waals surface area contributed by atoms with E-state index in [-0.39, 0.29) is 11.8 Å². The number of hydrogen-bond donors (Lipinski definition) is 2. The fourth-order valence-corrected chi connectivity index (χ4v) is 3.11.